The number of aromatic nitrogens is 4. The van der Waals surface area contributed by atoms with Gasteiger partial charge in [-0.15, -0.1) is 0 Å². The number of benzene rings is 2. The van der Waals surface area contributed by atoms with Crippen LogP contribution in [-0.2, 0) is 6.54 Å². The molecule has 0 spiro atoms. The van der Waals surface area contributed by atoms with E-state index >= 15 is 0 Å². The van der Waals surface area contributed by atoms with E-state index < -0.39 is 0 Å². The van der Waals surface area contributed by atoms with Crippen LogP contribution in [-0.4, -0.2) is 25.6 Å². The maximum absolute atomic E-state index is 12.7. The van der Waals surface area contributed by atoms with E-state index in [0.29, 0.717) is 18.9 Å². The third kappa shape index (κ3) is 5.49. The number of aromatic amines is 1. The van der Waals surface area contributed by atoms with E-state index in [1.54, 1.807) is 6.20 Å². The second-order valence-electron chi connectivity index (χ2n) is 8.38. The summed E-state index contributed by atoms with van der Waals surface area (Å²) in [6.45, 7) is 6.99. The molecule has 1 atom stereocenters. The monoisotopic (exact) mass is 442 g/mol. The first-order valence-electron chi connectivity index (χ1n) is 11.3. The third-order valence-electron chi connectivity index (χ3n) is 5.53. The molecule has 0 aliphatic carbocycles. The summed E-state index contributed by atoms with van der Waals surface area (Å²) in [7, 11) is 0. The van der Waals surface area contributed by atoms with Gasteiger partial charge in [0.15, 0.2) is 0 Å². The van der Waals surface area contributed by atoms with E-state index in [1.807, 2.05) is 67.8 Å². The number of rotatable bonds is 8. The van der Waals surface area contributed by atoms with Crippen LogP contribution in [0.15, 0.2) is 73.2 Å². The van der Waals surface area contributed by atoms with Gasteiger partial charge in [0.1, 0.15) is 11.6 Å². The average molecular weight is 443 g/mol. The predicted molar refractivity (Wildman–Crippen MR) is 131 cm³/mol. The second-order valence-corrected chi connectivity index (χ2v) is 8.38. The molecule has 4 aromatic rings. The first-order chi connectivity index (χ1) is 16.0. The van der Waals surface area contributed by atoms with Crippen LogP contribution in [0.4, 0.5) is 10.5 Å². The normalized spacial score (nSPS) is 12.0. The van der Waals surface area contributed by atoms with Crippen LogP contribution >= 0.6 is 0 Å². The lowest BCUT2D eigenvalue weighted by molar-refractivity contribution is 0.247. The maximum Gasteiger partial charge on any atom is 0.319 e. The van der Waals surface area contributed by atoms with E-state index in [-0.39, 0.29) is 12.1 Å². The Kier molecular flexibility index (Phi) is 6.88. The minimum atomic E-state index is -0.262. The average Bonchev–Trinajstić information content (AvgIpc) is 3.48. The van der Waals surface area contributed by atoms with Crippen molar-refractivity contribution >= 4 is 11.7 Å². The van der Waals surface area contributed by atoms with Gasteiger partial charge in [-0.3, -0.25) is 0 Å². The Bertz CT molecular complexity index is 1190. The standard InChI is InChI=1S/C26H30N6O/c1-4-22(24-28-16-23(30-24)20-10-6-5-7-11-20)31-26(33)29-21-12-8-9-19(15-21)17-32-14-13-27-25(32)18(2)3/h5-16,18,22H,4,17H2,1-3H3,(H,28,30)(H2,29,31,33)/t22-/m0/s1. The lowest BCUT2D eigenvalue weighted by Crippen LogP contribution is -2.32. The van der Waals surface area contributed by atoms with Crippen LogP contribution in [0.5, 0.6) is 0 Å². The zero-order chi connectivity index (χ0) is 23.2. The number of imidazole rings is 2. The molecule has 4 rings (SSSR count). The van der Waals surface area contributed by atoms with Crippen molar-refractivity contribution in [1.29, 1.82) is 0 Å². The van der Waals surface area contributed by atoms with Crippen molar-refractivity contribution in [3.8, 4) is 11.3 Å². The Morgan fingerprint density at radius 2 is 1.91 bits per heavy atom. The Hall–Kier alpha value is -3.87. The van der Waals surface area contributed by atoms with Crippen molar-refractivity contribution < 1.29 is 4.79 Å². The van der Waals surface area contributed by atoms with Crippen LogP contribution in [0, 0.1) is 0 Å². The molecule has 2 amide bonds. The molecule has 0 aliphatic rings. The van der Waals surface area contributed by atoms with E-state index in [2.05, 4.69) is 50.1 Å². The number of carbonyl (C=O) groups excluding carboxylic acids is 1. The summed E-state index contributed by atoms with van der Waals surface area (Å²) in [5.74, 6) is 2.13. The number of anilines is 1. The van der Waals surface area contributed by atoms with E-state index in [0.717, 1.165) is 34.2 Å². The molecule has 2 heterocycles. The molecule has 0 bridgehead atoms. The van der Waals surface area contributed by atoms with Crippen LogP contribution < -0.4 is 10.6 Å². The Morgan fingerprint density at radius 1 is 1.09 bits per heavy atom. The minimum absolute atomic E-state index is 0.217. The number of nitrogens with one attached hydrogen (secondary N) is 3. The van der Waals surface area contributed by atoms with Gasteiger partial charge in [0, 0.05) is 30.5 Å². The molecule has 0 saturated heterocycles. The Balaban J connectivity index is 1.40. The highest BCUT2D eigenvalue weighted by Gasteiger charge is 2.17. The molecule has 0 saturated carbocycles. The van der Waals surface area contributed by atoms with Crippen LogP contribution in [0.25, 0.3) is 11.3 Å². The summed E-state index contributed by atoms with van der Waals surface area (Å²) in [5, 5.41) is 5.98. The molecule has 7 nitrogen and oxygen atoms in total. The predicted octanol–water partition coefficient (Wildman–Crippen LogP) is 5.72. The number of nitrogens with zero attached hydrogens (tertiary/aromatic N) is 3. The molecule has 0 unspecified atom stereocenters. The number of carbonyl (C=O) groups is 1. The molecule has 0 fully saturated rings. The summed E-state index contributed by atoms with van der Waals surface area (Å²) in [6.07, 6.45) is 6.33. The van der Waals surface area contributed by atoms with Crippen molar-refractivity contribution in [2.45, 2.75) is 45.7 Å². The van der Waals surface area contributed by atoms with E-state index in [1.165, 1.54) is 0 Å². The molecule has 2 aromatic heterocycles. The zero-order valence-electron chi connectivity index (χ0n) is 19.2. The fourth-order valence-corrected chi connectivity index (χ4v) is 3.87. The van der Waals surface area contributed by atoms with Crippen molar-refractivity contribution in [2.24, 2.45) is 0 Å². The summed E-state index contributed by atoms with van der Waals surface area (Å²) < 4.78 is 2.14. The van der Waals surface area contributed by atoms with Gasteiger partial charge in [-0.25, -0.2) is 14.8 Å². The Labute approximate surface area is 194 Å². The molecular formula is C26H30N6O. The van der Waals surface area contributed by atoms with Crippen LogP contribution in [0.3, 0.4) is 0 Å². The SMILES string of the molecule is CC[C@H](NC(=O)Nc1cccc(Cn2ccnc2C(C)C)c1)c1ncc(-c2ccccc2)[nH]1. The van der Waals surface area contributed by atoms with Gasteiger partial charge in [-0.1, -0.05) is 63.2 Å². The summed E-state index contributed by atoms with van der Waals surface area (Å²) in [4.78, 5) is 25.0. The number of H-pyrrole nitrogens is 1. The number of hydrogen-bond acceptors (Lipinski definition) is 3. The van der Waals surface area contributed by atoms with Crippen molar-refractivity contribution in [3.63, 3.8) is 0 Å². The van der Waals surface area contributed by atoms with Gasteiger partial charge < -0.3 is 20.2 Å². The quantitative estimate of drug-likeness (QED) is 0.326. The van der Waals surface area contributed by atoms with Crippen molar-refractivity contribution in [3.05, 3.63) is 90.4 Å². The van der Waals surface area contributed by atoms with Gasteiger partial charge in [0.05, 0.1) is 17.9 Å². The molecule has 0 radical (unpaired) electrons. The van der Waals surface area contributed by atoms with E-state index in [4.69, 9.17) is 0 Å². The minimum Gasteiger partial charge on any atom is -0.340 e. The number of hydrogen-bond donors (Lipinski definition) is 3. The van der Waals surface area contributed by atoms with Gasteiger partial charge in [0.25, 0.3) is 0 Å². The molecule has 170 valence electrons. The molecule has 33 heavy (non-hydrogen) atoms. The highest BCUT2D eigenvalue weighted by atomic mass is 16.2. The second kappa shape index (κ2) is 10.2. The third-order valence-corrected chi connectivity index (χ3v) is 5.53. The van der Waals surface area contributed by atoms with Gasteiger partial charge in [-0.2, -0.15) is 0 Å². The smallest absolute Gasteiger partial charge is 0.319 e. The molecule has 7 heteroatoms. The van der Waals surface area contributed by atoms with Crippen LogP contribution in [0.1, 0.15) is 56.4 Å². The van der Waals surface area contributed by atoms with Crippen LogP contribution in [0.2, 0.25) is 0 Å². The Morgan fingerprint density at radius 3 is 2.67 bits per heavy atom. The fraction of sp³-hybridized carbons (Fsp3) is 0.269. The van der Waals surface area contributed by atoms with Gasteiger partial charge in [-0.05, 0) is 29.7 Å². The largest absolute Gasteiger partial charge is 0.340 e. The maximum atomic E-state index is 12.7. The summed E-state index contributed by atoms with van der Waals surface area (Å²) in [6, 6.07) is 17.4. The van der Waals surface area contributed by atoms with Crippen molar-refractivity contribution in [2.75, 3.05) is 5.32 Å². The first-order valence-corrected chi connectivity index (χ1v) is 11.3. The molecule has 3 N–H and O–H groups in total. The summed E-state index contributed by atoms with van der Waals surface area (Å²) in [5.41, 5.74) is 3.83. The number of urea groups is 1. The molecule has 2 aromatic carbocycles. The zero-order valence-corrected chi connectivity index (χ0v) is 19.2. The number of amides is 2. The van der Waals surface area contributed by atoms with Gasteiger partial charge >= 0.3 is 6.03 Å². The van der Waals surface area contributed by atoms with Crippen molar-refractivity contribution in [1.82, 2.24) is 24.8 Å². The topological polar surface area (TPSA) is 87.6 Å². The lowest BCUT2D eigenvalue weighted by Gasteiger charge is -2.16. The first kappa shape index (κ1) is 22.3. The highest BCUT2D eigenvalue weighted by Crippen LogP contribution is 2.21. The fourth-order valence-electron chi connectivity index (χ4n) is 3.87. The lowest BCUT2D eigenvalue weighted by atomic mass is 10.1. The molecular weight excluding hydrogens is 412 g/mol. The molecule has 0 aliphatic heterocycles. The van der Waals surface area contributed by atoms with Gasteiger partial charge in [0.2, 0.25) is 0 Å². The van der Waals surface area contributed by atoms with E-state index in [9.17, 15) is 4.79 Å². The highest BCUT2D eigenvalue weighted by molar-refractivity contribution is 5.89. The summed E-state index contributed by atoms with van der Waals surface area (Å²) >= 11 is 0.